The highest BCUT2D eigenvalue weighted by Gasteiger charge is 2.43. The van der Waals surface area contributed by atoms with Crippen molar-refractivity contribution < 1.29 is 4.79 Å². The highest BCUT2D eigenvalue weighted by molar-refractivity contribution is 6.45. The van der Waals surface area contributed by atoms with Gasteiger partial charge >= 0.3 is 0 Å². The maximum absolute atomic E-state index is 11.1. The third-order valence-electron chi connectivity index (χ3n) is 3.56. The molecule has 1 saturated carbocycles. The second-order valence-electron chi connectivity index (χ2n) is 4.61. The van der Waals surface area contributed by atoms with Gasteiger partial charge < -0.3 is 5.73 Å². The Labute approximate surface area is 88.0 Å². The summed E-state index contributed by atoms with van der Waals surface area (Å²) >= 11 is 0. The van der Waals surface area contributed by atoms with E-state index in [9.17, 15) is 4.79 Å². The van der Waals surface area contributed by atoms with Crippen LogP contribution >= 0.6 is 0 Å². The predicted octanol–water partition coefficient (Wildman–Crippen LogP) is 0.106. The van der Waals surface area contributed by atoms with E-state index in [1.807, 2.05) is 5.01 Å². The van der Waals surface area contributed by atoms with E-state index in [0.717, 1.165) is 12.2 Å². The molecule has 0 aromatic carbocycles. The van der Waals surface area contributed by atoms with Gasteiger partial charge in [-0.2, -0.15) is 5.10 Å². The Morgan fingerprint density at radius 3 is 2.93 bits per heavy atom. The lowest BCUT2D eigenvalue weighted by Gasteiger charge is -2.22. The molecule has 80 valence electrons. The van der Waals surface area contributed by atoms with Gasteiger partial charge in [0.1, 0.15) is 0 Å². The smallest absolute Gasteiger partial charge is 0.271 e. The number of nitrogens with zero attached hydrogens (tertiary/aromatic N) is 2. The van der Waals surface area contributed by atoms with Crippen LogP contribution in [0.15, 0.2) is 16.9 Å². The molecule has 0 unspecified atom stereocenters. The predicted molar refractivity (Wildman–Crippen MR) is 55.5 cm³/mol. The van der Waals surface area contributed by atoms with Crippen LogP contribution in [0.5, 0.6) is 0 Å². The van der Waals surface area contributed by atoms with Crippen molar-refractivity contribution >= 4 is 11.6 Å². The monoisotopic (exact) mass is 206 g/mol. The van der Waals surface area contributed by atoms with Gasteiger partial charge in [0.05, 0.1) is 12.2 Å². The minimum Gasteiger partial charge on any atom is -0.364 e. The summed E-state index contributed by atoms with van der Waals surface area (Å²) in [6.07, 6.45) is 7.16. The molecule has 3 rings (SSSR count). The van der Waals surface area contributed by atoms with E-state index in [2.05, 4.69) is 16.7 Å². The number of rotatable bonds is 1. The number of nitrogens with two attached hydrogens (primary N) is 1. The SMILES string of the molecule is NC(=O)C1=NNN2CC3(C=C12)CCCC3. The number of nitrogens with one attached hydrogen (secondary N) is 1. The molecular weight excluding hydrogens is 192 g/mol. The Morgan fingerprint density at radius 1 is 1.53 bits per heavy atom. The molecule has 5 heteroatoms. The fraction of sp³-hybridized carbons (Fsp3) is 0.600. The zero-order valence-corrected chi connectivity index (χ0v) is 8.49. The molecule has 0 bridgehead atoms. The Kier molecular flexibility index (Phi) is 1.60. The highest BCUT2D eigenvalue weighted by Crippen LogP contribution is 2.45. The molecule has 1 fully saturated rings. The Balaban J connectivity index is 1.94. The Morgan fingerprint density at radius 2 is 2.27 bits per heavy atom. The summed E-state index contributed by atoms with van der Waals surface area (Å²) in [5, 5.41) is 5.86. The van der Waals surface area contributed by atoms with Crippen molar-refractivity contribution in [2.24, 2.45) is 16.3 Å². The van der Waals surface area contributed by atoms with Gasteiger partial charge in [-0.25, -0.2) is 5.53 Å². The summed E-state index contributed by atoms with van der Waals surface area (Å²) in [7, 11) is 0. The largest absolute Gasteiger partial charge is 0.364 e. The molecule has 0 aromatic rings. The maximum Gasteiger partial charge on any atom is 0.271 e. The van der Waals surface area contributed by atoms with E-state index in [1.54, 1.807) is 0 Å². The molecule has 0 radical (unpaired) electrons. The van der Waals surface area contributed by atoms with Crippen LogP contribution in [0.2, 0.25) is 0 Å². The quantitative estimate of drug-likeness (QED) is 0.639. The standard InChI is InChI=1S/C10H14N4O/c11-9(15)8-7-5-10(3-1-2-4-10)6-14(7)13-12-8/h5,13H,1-4,6H2,(H2,11,15). The zero-order valence-electron chi connectivity index (χ0n) is 8.49. The second-order valence-corrected chi connectivity index (χ2v) is 4.61. The lowest BCUT2D eigenvalue weighted by Crippen LogP contribution is -2.33. The maximum atomic E-state index is 11.1. The first-order chi connectivity index (χ1) is 7.20. The summed E-state index contributed by atoms with van der Waals surface area (Å²) in [5.74, 6) is -0.453. The van der Waals surface area contributed by atoms with Crippen molar-refractivity contribution in [3.8, 4) is 0 Å². The van der Waals surface area contributed by atoms with Gasteiger partial charge in [0.25, 0.3) is 5.91 Å². The van der Waals surface area contributed by atoms with Gasteiger partial charge in [0, 0.05) is 5.41 Å². The van der Waals surface area contributed by atoms with Crippen molar-refractivity contribution in [3.63, 3.8) is 0 Å². The van der Waals surface area contributed by atoms with E-state index in [4.69, 9.17) is 5.73 Å². The molecule has 0 saturated heterocycles. The average Bonchev–Trinajstić information content (AvgIpc) is 2.81. The van der Waals surface area contributed by atoms with E-state index < -0.39 is 5.91 Å². The van der Waals surface area contributed by atoms with Gasteiger partial charge in [-0.3, -0.25) is 9.80 Å². The first-order valence-corrected chi connectivity index (χ1v) is 5.34. The van der Waals surface area contributed by atoms with Crippen LogP contribution in [-0.4, -0.2) is 23.2 Å². The van der Waals surface area contributed by atoms with Crippen LogP contribution in [0.1, 0.15) is 25.7 Å². The highest BCUT2D eigenvalue weighted by atomic mass is 16.1. The van der Waals surface area contributed by atoms with Gasteiger partial charge in [0.15, 0.2) is 5.71 Å². The number of fused-ring (bicyclic) bond motifs is 1. The number of hydrogen-bond donors (Lipinski definition) is 2. The van der Waals surface area contributed by atoms with Crippen LogP contribution in [-0.2, 0) is 4.79 Å². The lowest BCUT2D eigenvalue weighted by atomic mass is 9.87. The molecule has 5 nitrogen and oxygen atoms in total. The van der Waals surface area contributed by atoms with Crippen molar-refractivity contribution in [3.05, 3.63) is 11.8 Å². The van der Waals surface area contributed by atoms with Gasteiger partial charge in [-0.15, -0.1) is 0 Å². The van der Waals surface area contributed by atoms with Gasteiger partial charge in [-0.1, -0.05) is 12.8 Å². The van der Waals surface area contributed by atoms with Crippen LogP contribution in [0, 0.1) is 5.41 Å². The zero-order chi connectivity index (χ0) is 10.5. The van der Waals surface area contributed by atoms with E-state index in [0.29, 0.717) is 5.71 Å². The normalized spacial score (nSPS) is 26.3. The number of primary amides is 1. The van der Waals surface area contributed by atoms with E-state index >= 15 is 0 Å². The number of hydrogen-bond acceptors (Lipinski definition) is 4. The number of hydrazone groups is 1. The van der Waals surface area contributed by atoms with Gasteiger partial charge in [0.2, 0.25) is 0 Å². The molecule has 1 spiro atoms. The van der Waals surface area contributed by atoms with Crippen LogP contribution in [0.25, 0.3) is 0 Å². The first kappa shape index (κ1) is 8.76. The van der Waals surface area contributed by atoms with Crippen molar-refractivity contribution in [2.45, 2.75) is 25.7 Å². The molecular formula is C10H14N4O. The van der Waals surface area contributed by atoms with Crippen molar-refractivity contribution in [1.82, 2.24) is 10.5 Å². The van der Waals surface area contributed by atoms with Crippen LogP contribution < -0.4 is 11.3 Å². The Bertz CT molecular complexity index is 379. The molecule has 2 aliphatic heterocycles. The number of carbonyl (C=O) groups excluding carboxylic acids is 1. The molecule has 0 atom stereocenters. The van der Waals surface area contributed by atoms with E-state index in [1.165, 1.54) is 25.7 Å². The third kappa shape index (κ3) is 1.15. The fourth-order valence-corrected chi connectivity index (χ4v) is 2.83. The summed E-state index contributed by atoms with van der Waals surface area (Å²) in [6, 6.07) is 0. The third-order valence-corrected chi connectivity index (χ3v) is 3.56. The first-order valence-electron chi connectivity index (χ1n) is 5.34. The summed E-state index contributed by atoms with van der Waals surface area (Å²) in [4.78, 5) is 11.1. The Hall–Kier alpha value is -1.52. The minimum atomic E-state index is -0.453. The van der Waals surface area contributed by atoms with Gasteiger partial charge in [-0.05, 0) is 18.9 Å². The summed E-state index contributed by atoms with van der Waals surface area (Å²) in [6.45, 7) is 0.919. The summed E-state index contributed by atoms with van der Waals surface area (Å²) in [5.41, 5.74) is 9.63. The van der Waals surface area contributed by atoms with Crippen molar-refractivity contribution in [1.29, 1.82) is 0 Å². The number of amides is 1. The molecule has 1 aliphatic carbocycles. The topological polar surface area (TPSA) is 70.7 Å². The molecule has 0 aromatic heterocycles. The molecule has 2 heterocycles. The number of carbonyl (C=O) groups is 1. The van der Waals surface area contributed by atoms with Crippen LogP contribution in [0.3, 0.4) is 0 Å². The number of hydrazine groups is 1. The molecule has 3 N–H and O–H groups in total. The average molecular weight is 206 g/mol. The molecule has 15 heavy (non-hydrogen) atoms. The second kappa shape index (κ2) is 2.74. The molecule has 1 amide bonds. The fourth-order valence-electron chi connectivity index (χ4n) is 2.83. The molecule has 3 aliphatic rings. The lowest BCUT2D eigenvalue weighted by molar-refractivity contribution is -0.111. The van der Waals surface area contributed by atoms with Crippen LogP contribution in [0.4, 0.5) is 0 Å². The summed E-state index contributed by atoms with van der Waals surface area (Å²) < 4.78 is 0. The van der Waals surface area contributed by atoms with Crippen molar-refractivity contribution in [2.75, 3.05) is 6.54 Å². The van der Waals surface area contributed by atoms with E-state index in [-0.39, 0.29) is 5.41 Å². The minimum absolute atomic E-state index is 0.263.